The van der Waals surface area contributed by atoms with Crippen molar-refractivity contribution in [3.8, 4) is 22.4 Å². The third kappa shape index (κ3) is 4.47. The predicted octanol–water partition coefficient (Wildman–Crippen LogP) is 4.99. The second-order valence-electron chi connectivity index (χ2n) is 8.53. The highest BCUT2D eigenvalue weighted by atomic mass is 32.1. The summed E-state index contributed by atoms with van der Waals surface area (Å²) < 4.78 is 29.0. The number of pyridine rings is 1. The fourth-order valence-corrected chi connectivity index (χ4v) is 5.10. The number of hydrogen-bond acceptors (Lipinski definition) is 6. The predicted molar refractivity (Wildman–Crippen MR) is 137 cm³/mol. The van der Waals surface area contributed by atoms with E-state index in [0.717, 1.165) is 22.5 Å². The van der Waals surface area contributed by atoms with Gasteiger partial charge in [-0.3, -0.25) is 19.4 Å². The van der Waals surface area contributed by atoms with E-state index in [1.54, 1.807) is 30.9 Å². The summed E-state index contributed by atoms with van der Waals surface area (Å²) in [6.45, 7) is 3.70. The van der Waals surface area contributed by atoms with E-state index < -0.39 is 23.9 Å². The zero-order valence-corrected chi connectivity index (χ0v) is 20.8. The second kappa shape index (κ2) is 9.21. The molecule has 4 heterocycles. The molecular formula is C25H21F2N7O2S. The van der Waals surface area contributed by atoms with Crippen molar-refractivity contribution in [2.75, 3.05) is 5.32 Å². The van der Waals surface area contributed by atoms with Crippen LogP contribution in [-0.2, 0) is 7.05 Å². The van der Waals surface area contributed by atoms with E-state index in [4.69, 9.17) is 5.73 Å². The first-order chi connectivity index (χ1) is 17.6. The van der Waals surface area contributed by atoms with Crippen LogP contribution in [0, 0.1) is 13.8 Å². The number of aromatic nitrogens is 5. The first-order valence-corrected chi connectivity index (χ1v) is 11.9. The van der Waals surface area contributed by atoms with Crippen LogP contribution in [0.1, 0.15) is 43.5 Å². The number of primary amides is 1. The van der Waals surface area contributed by atoms with Gasteiger partial charge in [-0.15, -0.1) is 11.3 Å². The highest BCUT2D eigenvalue weighted by Crippen LogP contribution is 2.43. The van der Waals surface area contributed by atoms with Gasteiger partial charge in [-0.1, -0.05) is 29.8 Å². The lowest BCUT2D eigenvalue weighted by Gasteiger charge is -2.10. The third-order valence-corrected chi connectivity index (χ3v) is 6.94. The topological polar surface area (TPSA) is 132 Å². The summed E-state index contributed by atoms with van der Waals surface area (Å²) in [5.74, 6) is -1.41. The van der Waals surface area contributed by atoms with Crippen molar-refractivity contribution in [3.63, 3.8) is 0 Å². The second-order valence-corrected chi connectivity index (χ2v) is 9.53. The van der Waals surface area contributed by atoms with Gasteiger partial charge >= 0.3 is 0 Å². The van der Waals surface area contributed by atoms with E-state index in [1.807, 2.05) is 31.2 Å². The van der Waals surface area contributed by atoms with Gasteiger partial charge in [0.2, 0.25) is 0 Å². The van der Waals surface area contributed by atoms with Crippen LogP contribution in [0.2, 0.25) is 0 Å². The number of hydrogen-bond donors (Lipinski definition) is 3. The number of nitrogens with one attached hydrogen (secondary N) is 2. The van der Waals surface area contributed by atoms with Gasteiger partial charge in [0, 0.05) is 29.8 Å². The lowest BCUT2D eigenvalue weighted by Crippen LogP contribution is -2.17. The Morgan fingerprint density at radius 3 is 2.49 bits per heavy atom. The Morgan fingerprint density at radius 2 is 1.86 bits per heavy atom. The van der Waals surface area contributed by atoms with Crippen molar-refractivity contribution < 1.29 is 18.4 Å². The van der Waals surface area contributed by atoms with Crippen LogP contribution in [0.5, 0.6) is 0 Å². The van der Waals surface area contributed by atoms with Crippen LogP contribution in [0.4, 0.5) is 14.5 Å². The van der Waals surface area contributed by atoms with Crippen LogP contribution >= 0.6 is 11.3 Å². The number of nitrogens with zero attached hydrogens (tertiary/aromatic N) is 4. The summed E-state index contributed by atoms with van der Waals surface area (Å²) in [5, 5.41) is 14.3. The molecular weight excluding hydrogens is 500 g/mol. The number of rotatable bonds is 6. The van der Waals surface area contributed by atoms with Gasteiger partial charge in [0.1, 0.15) is 21.1 Å². The molecule has 0 unspecified atom stereocenters. The van der Waals surface area contributed by atoms with E-state index in [1.165, 1.54) is 6.07 Å². The molecule has 1 aromatic carbocycles. The Morgan fingerprint density at radius 1 is 1.14 bits per heavy atom. The number of nitrogens with two attached hydrogens (primary N) is 1. The number of fused-ring (bicyclic) bond motifs is 1. The molecule has 0 aliphatic heterocycles. The van der Waals surface area contributed by atoms with Crippen LogP contribution in [0.25, 0.3) is 32.6 Å². The van der Waals surface area contributed by atoms with Crippen LogP contribution in [0.3, 0.4) is 0 Å². The van der Waals surface area contributed by atoms with E-state index >= 15 is 0 Å². The zero-order chi connectivity index (χ0) is 26.4. The number of anilines is 1. The largest absolute Gasteiger partial charge is 0.365 e. The molecule has 0 radical (unpaired) electrons. The number of amides is 2. The van der Waals surface area contributed by atoms with Crippen molar-refractivity contribution >= 4 is 39.1 Å². The average Bonchev–Trinajstić information content (AvgIpc) is 3.56. The third-order valence-electron chi connectivity index (χ3n) is 5.84. The van der Waals surface area contributed by atoms with Crippen molar-refractivity contribution in [1.29, 1.82) is 0 Å². The van der Waals surface area contributed by atoms with Gasteiger partial charge in [-0.2, -0.15) is 10.2 Å². The standard InChI is InChI=1S/C25H21F2N7O2S/c1-11-4-6-13(7-5-11)16-9-18(32-31-16)24(36)30-20-19-14(15-10-34(3)33-12(15)2)8-17(22(26)27)29-25(19)37-21(20)23(28)35/h4-10,22H,1-3H3,(H2,28,35)(H,30,36)(H,31,32). The average molecular weight is 522 g/mol. The number of carbonyl (C=O) groups is 2. The molecule has 0 aliphatic rings. The van der Waals surface area contributed by atoms with Crippen molar-refractivity contribution in [2.24, 2.45) is 12.8 Å². The van der Waals surface area contributed by atoms with E-state index in [0.29, 0.717) is 27.9 Å². The maximum atomic E-state index is 13.7. The Hall–Kier alpha value is -4.45. The first kappa shape index (κ1) is 24.3. The Labute approximate surface area is 213 Å². The van der Waals surface area contributed by atoms with Crippen molar-refractivity contribution in [1.82, 2.24) is 25.0 Å². The normalized spacial score (nSPS) is 11.4. The van der Waals surface area contributed by atoms with Gasteiger partial charge in [-0.25, -0.2) is 13.8 Å². The number of carbonyl (C=O) groups excluding carboxylic acids is 2. The van der Waals surface area contributed by atoms with Gasteiger partial charge in [0.15, 0.2) is 0 Å². The number of alkyl halides is 2. The lowest BCUT2D eigenvalue weighted by atomic mass is 10.0. The molecule has 0 spiro atoms. The van der Waals surface area contributed by atoms with Crippen LogP contribution in [-0.4, -0.2) is 36.8 Å². The Bertz CT molecular complexity index is 1670. The maximum absolute atomic E-state index is 13.7. The number of aromatic amines is 1. The number of H-pyrrole nitrogens is 1. The molecule has 4 N–H and O–H groups in total. The van der Waals surface area contributed by atoms with Crippen LogP contribution in [0.15, 0.2) is 42.6 Å². The minimum atomic E-state index is -2.84. The molecule has 2 amide bonds. The van der Waals surface area contributed by atoms with Crippen molar-refractivity contribution in [3.05, 3.63) is 70.1 Å². The molecule has 9 nitrogen and oxygen atoms in total. The van der Waals surface area contributed by atoms with Gasteiger partial charge in [0.25, 0.3) is 18.2 Å². The highest BCUT2D eigenvalue weighted by Gasteiger charge is 2.26. The summed E-state index contributed by atoms with van der Waals surface area (Å²) in [7, 11) is 1.71. The van der Waals surface area contributed by atoms with E-state index in [2.05, 4.69) is 25.6 Å². The molecule has 0 bridgehead atoms. The molecule has 5 aromatic rings. The molecule has 0 aliphatic carbocycles. The minimum absolute atomic E-state index is 0.0108. The maximum Gasteiger partial charge on any atom is 0.280 e. The SMILES string of the molecule is Cc1ccc(-c2cc(C(=O)Nc3c(C(N)=O)sc4nc(C(F)F)cc(-c5cn(C)nc5C)c34)[nH]n2)cc1. The molecule has 0 saturated heterocycles. The summed E-state index contributed by atoms with van der Waals surface area (Å²) in [5.41, 5.74) is 9.35. The number of thiophene rings is 1. The van der Waals surface area contributed by atoms with Gasteiger partial charge in [-0.05, 0) is 31.5 Å². The first-order valence-electron chi connectivity index (χ1n) is 11.1. The molecule has 0 saturated carbocycles. The fourth-order valence-electron chi connectivity index (χ4n) is 4.09. The van der Waals surface area contributed by atoms with Crippen molar-refractivity contribution in [2.45, 2.75) is 20.3 Å². The zero-order valence-electron chi connectivity index (χ0n) is 20.0. The monoisotopic (exact) mass is 521 g/mol. The Balaban J connectivity index is 1.63. The van der Waals surface area contributed by atoms with Gasteiger partial charge in [0.05, 0.1) is 17.1 Å². The fraction of sp³-hybridized carbons (Fsp3) is 0.160. The van der Waals surface area contributed by atoms with Crippen LogP contribution < -0.4 is 11.1 Å². The smallest absolute Gasteiger partial charge is 0.280 e. The number of benzene rings is 1. The van der Waals surface area contributed by atoms with E-state index in [9.17, 15) is 18.4 Å². The molecule has 37 heavy (non-hydrogen) atoms. The summed E-state index contributed by atoms with van der Waals surface area (Å²) in [6.07, 6.45) is -1.17. The molecule has 5 rings (SSSR count). The molecule has 0 atom stereocenters. The van der Waals surface area contributed by atoms with Gasteiger partial charge < -0.3 is 11.1 Å². The van der Waals surface area contributed by atoms with E-state index in [-0.39, 0.29) is 21.1 Å². The number of halogens is 2. The molecule has 188 valence electrons. The minimum Gasteiger partial charge on any atom is -0.365 e. The molecule has 4 aromatic heterocycles. The molecule has 0 fully saturated rings. The summed E-state index contributed by atoms with van der Waals surface area (Å²) >= 11 is 0.839. The quantitative estimate of drug-likeness (QED) is 0.290. The summed E-state index contributed by atoms with van der Waals surface area (Å²) in [4.78, 5) is 29.8. The Kier molecular flexibility index (Phi) is 6.04. The summed E-state index contributed by atoms with van der Waals surface area (Å²) in [6, 6.07) is 10.5. The highest BCUT2D eigenvalue weighted by molar-refractivity contribution is 7.21. The molecule has 12 heteroatoms. The lowest BCUT2D eigenvalue weighted by molar-refractivity contribution is 0.100. The number of aryl methyl sites for hydroxylation is 3.